The molecule has 78 valence electrons. The second-order valence-electron chi connectivity index (χ2n) is 2.28. The van der Waals surface area contributed by atoms with Crippen LogP contribution < -0.4 is 5.14 Å². The first-order valence-corrected chi connectivity index (χ1v) is 6.06. The van der Waals surface area contributed by atoms with Gasteiger partial charge in [0.1, 0.15) is 5.56 Å². The molecule has 1 aromatic heterocycles. The molecule has 0 amide bonds. The van der Waals surface area contributed by atoms with Gasteiger partial charge in [-0.15, -0.1) is 11.3 Å². The van der Waals surface area contributed by atoms with Crippen molar-refractivity contribution in [2.24, 2.45) is 5.14 Å². The zero-order valence-electron chi connectivity index (χ0n) is 6.98. The standard InChI is InChI=1S/C6H6ClNO4S2/c1-12-5(9)4-3(7)2-13-6(4)14(8,10)11/h2H,1H3,(H2,8,10,11). The molecule has 1 rings (SSSR count). The van der Waals surface area contributed by atoms with Crippen molar-refractivity contribution in [2.75, 3.05) is 7.11 Å². The Labute approximate surface area is 89.5 Å². The SMILES string of the molecule is COC(=O)c1c(Cl)csc1S(N)(=O)=O. The summed E-state index contributed by atoms with van der Waals surface area (Å²) in [5.41, 5.74) is -0.207. The van der Waals surface area contributed by atoms with E-state index >= 15 is 0 Å². The van der Waals surface area contributed by atoms with Crippen LogP contribution in [0, 0.1) is 0 Å². The number of nitrogens with two attached hydrogens (primary N) is 1. The van der Waals surface area contributed by atoms with Gasteiger partial charge in [0.15, 0.2) is 4.21 Å². The van der Waals surface area contributed by atoms with E-state index in [1.54, 1.807) is 0 Å². The van der Waals surface area contributed by atoms with E-state index in [4.69, 9.17) is 16.7 Å². The van der Waals surface area contributed by atoms with Gasteiger partial charge in [0, 0.05) is 5.38 Å². The minimum Gasteiger partial charge on any atom is -0.465 e. The summed E-state index contributed by atoms with van der Waals surface area (Å²) in [7, 11) is -2.81. The summed E-state index contributed by atoms with van der Waals surface area (Å²) in [5.74, 6) is -0.819. The summed E-state index contributed by atoms with van der Waals surface area (Å²) < 4.78 is 26.1. The topological polar surface area (TPSA) is 86.5 Å². The van der Waals surface area contributed by atoms with Gasteiger partial charge in [-0.05, 0) is 0 Å². The smallest absolute Gasteiger partial charge is 0.341 e. The van der Waals surface area contributed by atoms with Crippen LogP contribution in [0.5, 0.6) is 0 Å². The summed E-state index contributed by atoms with van der Waals surface area (Å²) in [6.45, 7) is 0. The fraction of sp³-hybridized carbons (Fsp3) is 0.167. The summed E-state index contributed by atoms with van der Waals surface area (Å²) in [6.07, 6.45) is 0. The van der Waals surface area contributed by atoms with Crippen molar-refractivity contribution in [1.82, 2.24) is 0 Å². The molecule has 0 fully saturated rings. The maximum Gasteiger partial charge on any atom is 0.341 e. The predicted molar refractivity (Wildman–Crippen MR) is 52.0 cm³/mol. The second-order valence-corrected chi connectivity index (χ2v) is 5.33. The van der Waals surface area contributed by atoms with Gasteiger partial charge in [-0.2, -0.15) is 0 Å². The molecule has 0 saturated carbocycles. The lowest BCUT2D eigenvalue weighted by atomic mass is 10.3. The summed E-state index contributed by atoms with van der Waals surface area (Å²) in [4.78, 5) is 11.1. The molecule has 0 aromatic carbocycles. The van der Waals surface area contributed by atoms with Crippen molar-refractivity contribution in [1.29, 1.82) is 0 Å². The van der Waals surface area contributed by atoms with Crippen molar-refractivity contribution in [3.8, 4) is 0 Å². The lowest BCUT2D eigenvalue weighted by Crippen LogP contribution is -2.15. The predicted octanol–water partition coefficient (Wildman–Crippen LogP) is 0.836. The maximum atomic E-state index is 11.1. The average Bonchev–Trinajstić information content (AvgIpc) is 2.45. The highest BCUT2D eigenvalue weighted by atomic mass is 35.5. The molecule has 0 saturated heterocycles. The Balaban J connectivity index is 3.42. The summed E-state index contributed by atoms with van der Waals surface area (Å²) in [6, 6.07) is 0. The number of esters is 1. The van der Waals surface area contributed by atoms with E-state index in [1.165, 1.54) is 5.38 Å². The molecule has 0 bridgehead atoms. The van der Waals surface area contributed by atoms with Gasteiger partial charge in [-0.1, -0.05) is 11.6 Å². The van der Waals surface area contributed by atoms with Crippen molar-refractivity contribution in [2.45, 2.75) is 4.21 Å². The van der Waals surface area contributed by atoms with Gasteiger partial charge >= 0.3 is 5.97 Å². The number of thiophene rings is 1. The number of sulfonamides is 1. The molecule has 0 atom stereocenters. The van der Waals surface area contributed by atoms with E-state index in [1.807, 2.05) is 0 Å². The Morgan fingerprint density at radius 1 is 1.64 bits per heavy atom. The molecule has 0 unspecified atom stereocenters. The van der Waals surface area contributed by atoms with Crippen LogP contribution in [0.4, 0.5) is 0 Å². The van der Waals surface area contributed by atoms with E-state index in [-0.39, 0.29) is 14.8 Å². The largest absolute Gasteiger partial charge is 0.465 e. The molecule has 0 radical (unpaired) electrons. The minimum absolute atomic E-state index is 0.0193. The average molecular weight is 256 g/mol. The quantitative estimate of drug-likeness (QED) is 0.794. The Hall–Kier alpha value is -0.630. The number of primary sulfonamides is 1. The molecule has 14 heavy (non-hydrogen) atoms. The highest BCUT2D eigenvalue weighted by molar-refractivity contribution is 7.91. The Bertz CT molecular complexity index is 464. The molecule has 0 spiro atoms. The number of halogens is 1. The molecule has 5 nitrogen and oxygen atoms in total. The lowest BCUT2D eigenvalue weighted by molar-refractivity contribution is 0.0597. The van der Waals surface area contributed by atoms with Gasteiger partial charge < -0.3 is 4.74 Å². The van der Waals surface area contributed by atoms with Crippen LogP contribution >= 0.6 is 22.9 Å². The van der Waals surface area contributed by atoms with Gasteiger partial charge in [0.05, 0.1) is 12.1 Å². The van der Waals surface area contributed by atoms with Gasteiger partial charge in [0.25, 0.3) is 0 Å². The third-order valence-corrected chi connectivity index (χ3v) is 4.27. The van der Waals surface area contributed by atoms with Gasteiger partial charge in [0.2, 0.25) is 10.0 Å². The van der Waals surface area contributed by atoms with Crippen LogP contribution in [-0.4, -0.2) is 21.5 Å². The number of hydrogen-bond acceptors (Lipinski definition) is 5. The zero-order chi connectivity index (χ0) is 10.9. The van der Waals surface area contributed by atoms with E-state index in [0.29, 0.717) is 0 Å². The van der Waals surface area contributed by atoms with E-state index in [0.717, 1.165) is 18.4 Å². The molecule has 8 heteroatoms. The van der Waals surface area contributed by atoms with Crippen LogP contribution in [0.15, 0.2) is 9.59 Å². The first kappa shape index (κ1) is 11.4. The first-order chi connectivity index (χ1) is 6.38. The fourth-order valence-electron chi connectivity index (χ4n) is 0.813. The molecule has 2 N–H and O–H groups in total. The number of carbonyl (C=O) groups excluding carboxylic acids is 1. The maximum absolute atomic E-state index is 11.1. The first-order valence-electron chi connectivity index (χ1n) is 3.26. The molecule has 1 heterocycles. The van der Waals surface area contributed by atoms with Crippen molar-refractivity contribution in [3.63, 3.8) is 0 Å². The summed E-state index contributed by atoms with van der Waals surface area (Å²) in [5, 5.41) is 6.21. The van der Waals surface area contributed by atoms with E-state index in [2.05, 4.69) is 4.74 Å². The zero-order valence-corrected chi connectivity index (χ0v) is 9.37. The molecular formula is C6H6ClNO4S2. The molecule has 0 aliphatic rings. The normalized spacial score (nSPS) is 11.4. The molecule has 0 aliphatic carbocycles. The Morgan fingerprint density at radius 3 is 2.64 bits per heavy atom. The van der Waals surface area contributed by atoms with Crippen molar-refractivity contribution in [3.05, 3.63) is 16.0 Å². The Morgan fingerprint density at radius 2 is 2.21 bits per heavy atom. The monoisotopic (exact) mass is 255 g/mol. The van der Waals surface area contributed by atoms with Crippen molar-refractivity contribution >= 4 is 38.9 Å². The lowest BCUT2D eigenvalue weighted by Gasteiger charge is -1.99. The van der Waals surface area contributed by atoms with Crippen LogP contribution in [0.3, 0.4) is 0 Å². The second kappa shape index (κ2) is 3.85. The third-order valence-electron chi connectivity index (χ3n) is 1.36. The molecule has 0 aliphatic heterocycles. The number of hydrogen-bond donors (Lipinski definition) is 1. The van der Waals surface area contributed by atoms with Crippen LogP contribution in [0.2, 0.25) is 5.02 Å². The van der Waals surface area contributed by atoms with Crippen LogP contribution in [-0.2, 0) is 14.8 Å². The van der Waals surface area contributed by atoms with Crippen LogP contribution in [0.25, 0.3) is 0 Å². The van der Waals surface area contributed by atoms with E-state index < -0.39 is 16.0 Å². The highest BCUT2D eigenvalue weighted by Crippen LogP contribution is 2.30. The fourth-order valence-corrected chi connectivity index (χ4v) is 3.03. The summed E-state index contributed by atoms with van der Waals surface area (Å²) >= 11 is 6.40. The number of carbonyl (C=O) groups is 1. The van der Waals surface area contributed by atoms with E-state index in [9.17, 15) is 13.2 Å². The Kier molecular flexibility index (Phi) is 3.15. The highest BCUT2D eigenvalue weighted by Gasteiger charge is 2.25. The number of ether oxygens (including phenoxy) is 1. The minimum atomic E-state index is -3.93. The van der Waals surface area contributed by atoms with Crippen LogP contribution in [0.1, 0.15) is 10.4 Å². The van der Waals surface area contributed by atoms with Crippen molar-refractivity contribution < 1.29 is 17.9 Å². The molecular weight excluding hydrogens is 250 g/mol. The number of methoxy groups -OCH3 is 1. The third kappa shape index (κ3) is 2.06. The number of rotatable bonds is 2. The van der Waals surface area contributed by atoms with Gasteiger partial charge in [-0.25, -0.2) is 18.4 Å². The van der Waals surface area contributed by atoms with Gasteiger partial charge in [-0.3, -0.25) is 0 Å². The molecule has 1 aromatic rings.